The lowest BCUT2D eigenvalue weighted by Gasteiger charge is -2.29. The molecule has 0 aromatic heterocycles. The van der Waals surface area contributed by atoms with Gasteiger partial charge in [-0.15, -0.1) is 0 Å². The highest BCUT2D eigenvalue weighted by Crippen LogP contribution is 2.13. The van der Waals surface area contributed by atoms with Gasteiger partial charge in [-0.25, -0.2) is 20.4 Å². The van der Waals surface area contributed by atoms with Crippen LogP contribution in [0.15, 0.2) is 0 Å². The topological polar surface area (TPSA) is 92.9 Å². The van der Waals surface area contributed by atoms with Crippen molar-refractivity contribution in [2.24, 2.45) is 11.8 Å². The molecule has 0 aliphatic carbocycles. The SMILES string of the molecule is CC(C)[C@@H](C(=O)O)N(N)C(=O)OC(C)(C)C. The van der Waals surface area contributed by atoms with Crippen molar-refractivity contribution in [2.75, 3.05) is 0 Å². The van der Waals surface area contributed by atoms with E-state index in [2.05, 4.69) is 0 Å². The van der Waals surface area contributed by atoms with Crippen LogP contribution in [0.5, 0.6) is 0 Å². The zero-order valence-corrected chi connectivity index (χ0v) is 10.4. The maximum Gasteiger partial charge on any atom is 0.425 e. The van der Waals surface area contributed by atoms with Gasteiger partial charge in [0.1, 0.15) is 5.60 Å². The lowest BCUT2D eigenvalue weighted by atomic mass is 10.0. The Balaban J connectivity index is 4.69. The number of amides is 1. The summed E-state index contributed by atoms with van der Waals surface area (Å²) in [7, 11) is 0. The molecule has 1 atom stereocenters. The van der Waals surface area contributed by atoms with Crippen LogP contribution in [-0.4, -0.2) is 33.8 Å². The molecule has 0 rings (SSSR count). The van der Waals surface area contributed by atoms with E-state index in [1.807, 2.05) is 0 Å². The molecule has 0 aromatic carbocycles. The Hall–Kier alpha value is -1.30. The third-order valence-electron chi connectivity index (χ3n) is 1.79. The van der Waals surface area contributed by atoms with Crippen LogP contribution in [0.4, 0.5) is 4.79 Å². The summed E-state index contributed by atoms with van der Waals surface area (Å²) in [5, 5.41) is 9.56. The van der Waals surface area contributed by atoms with E-state index in [0.717, 1.165) is 0 Å². The average molecular weight is 232 g/mol. The van der Waals surface area contributed by atoms with Crippen molar-refractivity contribution in [2.45, 2.75) is 46.3 Å². The standard InChI is InChI=1S/C10H20N2O4/c1-6(2)7(8(13)14)12(11)9(15)16-10(3,4)5/h6-7H,11H2,1-5H3,(H,13,14)/t7-/m0/s1. The van der Waals surface area contributed by atoms with Crippen LogP contribution < -0.4 is 5.84 Å². The monoisotopic (exact) mass is 232 g/mol. The number of nitrogens with zero attached hydrogens (tertiary/aromatic N) is 1. The molecule has 0 saturated heterocycles. The third-order valence-corrected chi connectivity index (χ3v) is 1.79. The van der Waals surface area contributed by atoms with Gasteiger partial charge in [0.25, 0.3) is 0 Å². The molecule has 0 aliphatic heterocycles. The fraction of sp³-hybridized carbons (Fsp3) is 0.800. The molecule has 16 heavy (non-hydrogen) atoms. The Bertz CT molecular complexity index is 270. The molecule has 3 N–H and O–H groups in total. The van der Waals surface area contributed by atoms with E-state index in [1.54, 1.807) is 34.6 Å². The first-order valence-electron chi connectivity index (χ1n) is 5.06. The second-order valence-corrected chi connectivity index (χ2v) is 4.91. The van der Waals surface area contributed by atoms with Gasteiger partial charge in [-0.1, -0.05) is 13.8 Å². The van der Waals surface area contributed by atoms with Crippen LogP contribution in [0.3, 0.4) is 0 Å². The van der Waals surface area contributed by atoms with Crippen LogP contribution in [-0.2, 0) is 9.53 Å². The highest BCUT2D eigenvalue weighted by molar-refractivity contribution is 5.79. The smallest absolute Gasteiger partial charge is 0.425 e. The van der Waals surface area contributed by atoms with Gasteiger partial charge < -0.3 is 9.84 Å². The maximum absolute atomic E-state index is 11.5. The number of carbonyl (C=O) groups is 2. The predicted octanol–water partition coefficient (Wildman–Crippen LogP) is 1.21. The van der Waals surface area contributed by atoms with Gasteiger partial charge in [-0.2, -0.15) is 0 Å². The summed E-state index contributed by atoms with van der Waals surface area (Å²) in [6.07, 6.45) is -0.839. The van der Waals surface area contributed by atoms with Crippen molar-refractivity contribution < 1.29 is 19.4 Å². The van der Waals surface area contributed by atoms with Gasteiger partial charge in [0.15, 0.2) is 6.04 Å². The van der Waals surface area contributed by atoms with E-state index in [9.17, 15) is 9.59 Å². The number of hydrogen-bond donors (Lipinski definition) is 2. The first kappa shape index (κ1) is 14.7. The van der Waals surface area contributed by atoms with E-state index in [0.29, 0.717) is 5.01 Å². The lowest BCUT2D eigenvalue weighted by Crippen LogP contribution is -2.53. The van der Waals surface area contributed by atoms with E-state index in [1.165, 1.54) is 0 Å². The molecule has 1 amide bonds. The maximum atomic E-state index is 11.5. The largest absolute Gasteiger partial charge is 0.480 e. The molecule has 0 heterocycles. The summed E-state index contributed by atoms with van der Waals surface area (Å²) in [5.74, 6) is 4.00. The normalized spacial score (nSPS) is 13.4. The molecule has 0 saturated carbocycles. The molecule has 0 aromatic rings. The van der Waals surface area contributed by atoms with Gasteiger partial charge in [-0.3, -0.25) is 0 Å². The average Bonchev–Trinajstić information content (AvgIpc) is 1.98. The summed E-state index contributed by atoms with van der Waals surface area (Å²) < 4.78 is 4.98. The van der Waals surface area contributed by atoms with E-state index >= 15 is 0 Å². The van der Waals surface area contributed by atoms with Gasteiger partial charge in [0, 0.05) is 0 Å². The summed E-state index contributed by atoms with van der Waals surface area (Å²) >= 11 is 0. The number of carbonyl (C=O) groups excluding carboxylic acids is 1. The highest BCUT2D eigenvalue weighted by Gasteiger charge is 2.33. The fourth-order valence-electron chi connectivity index (χ4n) is 1.15. The van der Waals surface area contributed by atoms with Crippen molar-refractivity contribution in [3.8, 4) is 0 Å². The quantitative estimate of drug-likeness (QED) is 0.433. The van der Waals surface area contributed by atoms with E-state index in [-0.39, 0.29) is 5.92 Å². The molecular formula is C10H20N2O4. The van der Waals surface area contributed by atoms with Crippen molar-refractivity contribution in [3.63, 3.8) is 0 Å². The fourth-order valence-corrected chi connectivity index (χ4v) is 1.15. The molecule has 0 spiro atoms. The van der Waals surface area contributed by atoms with Crippen molar-refractivity contribution in [1.82, 2.24) is 5.01 Å². The molecule has 0 aliphatic rings. The first-order chi connectivity index (χ1) is 7.06. The molecule has 94 valence electrons. The van der Waals surface area contributed by atoms with Crippen LogP contribution in [0.25, 0.3) is 0 Å². The Labute approximate surface area is 95.3 Å². The van der Waals surface area contributed by atoms with Gasteiger partial charge in [-0.05, 0) is 26.7 Å². The Morgan fingerprint density at radius 1 is 1.31 bits per heavy atom. The summed E-state index contributed by atoms with van der Waals surface area (Å²) in [6, 6.07) is -1.09. The zero-order chi connectivity index (χ0) is 13.1. The molecule has 0 unspecified atom stereocenters. The Kier molecular flexibility index (Phi) is 4.74. The van der Waals surface area contributed by atoms with Gasteiger partial charge >= 0.3 is 12.1 Å². The van der Waals surface area contributed by atoms with Crippen molar-refractivity contribution in [1.29, 1.82) is 0 Å². The number of hydrazine groups is 1. The molecule has 0 fully saturated rings. The van der Waals surface area contributed by atoms with Crippen molar-refractivity contribution in [3.05, 3.63) is 0 Å². The third kappa shape index (κ3) is 4.48. The second kappa shape index (κ2) is 5.16. The second-order valence-electron chi connectivity index (χ2n) is 4.91. The Morgan fingerprint density at radius 2 is 1.75 bits per heavy atom. The Morgan fingerprint density at radius 3 is 2.00 bits per heavy atom. The minimum absolute atomic E-state index is 0.296. The lowest BCUT2D eigenvalue weighted by molar-refractivity contribution is -0.145. The number of aliphatic carboxylic acids is 1. The number of ether oxygens (including phenoxy) is 1. The molecule has 0 radical (unpaired) electrons. The van der Waals surface area contributed by atoms with Crippen LogP contribution in [0.1, 0.15) is 34.6 Å². The zero-order valence-electron chi connectivity index (χ0n) is 10.4. The number of carboxylic acid groups (broad SMARTS) is 1. The van der Waals surface area contributed by atoms with E-state index in [4.69, 9.17) is 15.7 Å². The highest BCUT2D eigenvalue weighted by atomic mass is 16.6. The van der Waals surface area contributed by atoms with Gasteiger partial charge in [0.05, 0.1) is 0 Å². The molecule has 6 heteroatoms. The van der Waals surface area contributed by atoms with Crippen LogP contribution >= 0.6 is 0 Å². The van der Waals surface area contributed by atoms with Crippen LogP contribution in [0.2, 0.25) is 0 Å². The number of rotatable bonds is 3. The predicted molar refractivity (Wildman–Crippen MR) is 58.5 cm³/mol. The summed E-state index contributed by atoms with van der Waals surface area (Å²) in [6.45, 7) is 8.39. The molecule has 0 bridgehead atoms. The number of hydrogen-bond acceptors (Lipinski definition) is 4. The molecular weight excluding hydrogens is 212 g/mol. The van der Waals surface area contributed by atoms with Crippen LogP contribution in [0, 0.1) is 5.92 Å². The minimum Gasteiger partial charge on any atom is -0.480 e. The van der Waals surface area contributed by atoms with Crippen molar-refractivity contribution >= 4 is 12.1 Å². The number of carboxylic acids is 1. The van der Waals surface area contributed by atoms with Gasteiger partial charge in [0.2, 0.25) is 0 Å². The summed E-state index contributed by atoms with van der Waals surface area (Å²) in [5.41, 5.74) is -0.700. The summed E-state index contributed by atoms with van der Waals surface area (Å²) in [4.78, 5) is 22.4. The number of nitrogens with two attached hydrogens (primary N) is 1. The minimum atomic E-state index is -1.15. The molecule has 6 nitrogen and oxygen atoms in total. The first-order valence-corrected chi connectivity index (χ1v) is 5.06. The van der Waals surface area contributed by atoms with E-state index < -0.39 is 23.7 Å².